The highest BCUT2D eigenvalue weighted by Gasteiger charge is 2.10. The Morgan fingerprint density at radius 1 is 1.26 bits per heavy atom. The van der Waals surface area contributed by atoms with E-state index in [2.05, 4.69) is 5.32 Å². The van der Waals surface area contributed by atoms with Crippen LogP contribution >= 0.6 is 23.2 Å². The number of benzene rings is 2. The maximum atomic E-state index is 11.8. The largest absolute Gasteiger partial charge is 0.484 e. The molecule has 0 aliphatic carbocycles. The predicted octanol–water partition coefficient (Wildman–Crippen LogP) is 3.50. The molecule has 7 nitrogen and oxygen atoms in total. The fourth-order valence-electron chi connectivity index (χ4n) is 1.69. The quantitative estimate of drug-likeness (QED) is 0.484. The van der Waals surface area contributed by atoms with E-state index < -0.39 is 10.8 Å². The van der Waals surface area contributed by atoms with Crippen LogP contribution in [0.1, 0.15) is 0 Å². The van der Waals surface area contributed by atoms with Gasteiger partial charge in [-0.3, -0.25) is 14.9 Å². The van der Waals surface area contributed by atoms with Crippen LogP contribution in [0.5, 0.6) is 5.75 Å². The molecule has 0 radical (unpaired) electrons. The molecule has 120 valence electrons. The van der Waals surface area contributed by atoms with Crippen molar-refractivity contribution in [2.24, 2.45) is 0 Å². The third-order valence-corrected chi connectivity index (χ3v) is 3.39. The lowest BCUT2D eigenvalue weighted by molar-refractivity contribution is -0.384. The molecule has 0 heterocycles. The summed E-state index contributed by atoms with van der Waals surface area (Å²) in [6, 6.07) is 8.43. The Morgan fingerprint density at radius 3 is 2.52 bits per heavy atom. The maximum absolute atomic E-state index is 11.8. The standard InChI is InChI=1S/C14H11Cl2N3O4/c15-11-4-8(5-12(16)14(11)17)18-13(20)7-23-10-3-1-2-9(6-10)19(21)22/h1-6H,7,17H2,(H,18,20). The minimum atomic E-state index is -0.550. The van der Waals surface area contributed by atoms with Crippen molar-refractivity contribution in [3.63, 3.8) is 0 Å². The summed E-state index contributed by atoms with van der Waals surface area (Å²) in [5, 5.41) is 13.6. The zero-order valence-electron chi connectivity index (χ0n) is 11.6. The van der Waals surface area contributed by atoms with Crippen molar-refractivity contribution in [1.29, 1.82) is 0 Å². The number of ether oxygens (including phenoxy) is 1. The van der Waals surface area contributed by atoms with Gasteiger partial charge in [-0.1, -0.05) is 29.3 Å². The molecule has 0 atom stereocenters. The number of nitrogens with zero attached hydrogens (tertiary/aromatic N) is 1. The lowest BCUT2D eigenvalue weighted by Crippen LogP contribution is -2.20. The molecule has 0 bridgehead atoms. The molecule has 0 saturated carbocycles. The first-order valence-corrected chi connectivity index (χ1v) is 7.04. The van der Waals surface area contributed by atoms with Crippen molar-refractivity contribution in [2.75, 3.05) is 17.7 Å². The van der Waals surface area contributed by atoms with Crippen LogP contribution in [0.25, 0.3) is 0 Å². The SMILES string of the molecule is Nc1c(Cl)cc(NC(=O)COc2cccc([N+](=O)[O-])c2)cc1Cl. The van der Waals surface area contributed by atoms with Crippen molar-refractivity contribution in [3.05, 3.63) is 56.6 Å². The molecule has 2 aromatic rings. The molecule has 0 aromatic heterocycles. The first-order valence-electron chi connectivity index (χ1n) is 6.28. The average molecular weight is 356 g/mol. The third-order valence-electron chi connectivity index (χ3n) is 2.76. The third kappa shape index (κ3) is 4.48. The molecule has 3 N–H and O–H groups in total. The monoisotopic (exact) mass is 355 g/mol. The van der Waals surface area contributed by atoms with E-state index in [4.69, 9.17) is 33.7 Å². The van der Waals surface area contributed by atoms with E-state index in [0.29, 0.717) is 5.69 Å². The second kappa shape index (κ2) is 7.17. The summed E-state index contributed by atoms with van der Waals surface area (Å²) in [6.45, 7) is -0.333. The van der Waals surface area contributed by atoms with Gasteiger partial charge in [0.05, 0.1) is 26.7 Å². The number of rotatable bonds is 5. The maximum Gasteiger partial charge on any atom is 0.273 e. The van der Waals surface area contributed by atoms with Crippen LogP contribution in [-0.4, -0.2) is 17.4 Å². The fourth-order valence-corrected chi connectivity index (χ4v) is 2.18. The number of amides is 1. The molecule has 2 aromatic carbocycles. The van der Waals surface area contributed by atoms with Crippen LogP contribution < -0.4 is 15.8 Å². The topological polar surface area (TPSA) is 107 Å². The van der Waals surface area contributed by atoms with Crippen molar-refractivity contribution >= 4 is 46.2 Å². The Kier molecular flexibility index (Phi) is 5.25. The number of hydrogen-bond donors (Lipinski definition) is 2. The fraction of sp³-hybridized carbons (Fsp3) is 0.0714. The number of non-ortho nitro benzene ring substituents is 1. The van der Waals surface area contributed by atoms with Crippen molar-refractivity contribution in [2.45, 2.75) is 0 Å². The molecule has 2 rings (SSSR count). The average Bonchev–Trinajstić information content (AvgIpc) is 2.51. The van der Waals surface area contributed by atoms with Gasteiger partial charge in [0.15, 0.2) is 6.61 Å². The number of anilines is 2. The summed E-state index contributed by atoms with van der Waals surface area (Å²) in [5.74, 6) is -0.267. The van der Waals surface area contributed by atoms with Gasteiger partial charge in [-0.05, 0) is 18.2 Å². The van der Waals surface area contributed by atoms with E-state index in [9.17, 15) is 14.9 Å². The van der Waals surface area contributed by atoms with Gasteiger partial charge in [0.2, 0.25) is 0 Å². The van der Waals surface area contributed by atoms with Crippen molar-refractivity contribution in [3.8, 4) is 5.75 Å². The number of nitrogen functional groups attached to an aromatic ring is 1. The van der Waals surface area contributed by atoms with E-state index in [1.165, 1.54) is 36.4 Å². The number of carbonyl (C=O) groups is 1. The Bertz CT molecular complexity index is 744. The molecule has 0 aliphatic rings. The van der Waals surface area contributed by atoms with Crippen LogP contribution in [0.15, 0.2) is 36.4 Å². The summed E-state index contributed by atoms with van der Waals surface area (Å²) in [7, 11) is 0. The zero-order valence-corrected chi connectivity index (χ0v) is 13.1. The lowest BCUT2D eigenvalue weighted by Gasteiger charge is -2.09. The minimum Gasteiger partial charge on any atom is -0.484 e. The highest BCUT2D eigenvalue weighted by Crippen LogP contribution is 2.31. The van der Waals surface area contributed by atoms with Crippen molar-refractivity contribution in [1.82, 2.24) is 0 Å². The summed E-state index contributed by atoms with van der Waals surface area (Å²) in [5.41, 5.74) is 6.06. The normalized spacial score (nSPS) is 10.2. The Labute approximate surface area is 141 Å². The molecule has 0 aliphatic heterocycles. The van der Waals surface area contributed by atoms with Gasteiger partial charge >= 0.3 is 0 Å². The lowest BCUT2D eigenvalue weighted by atomic mass is 10.3. The highest BCUT2D eigenvalue weighted by atomic mass is 35.5. The Morgan fingerprint density at radius 2 is 1.91 bits per heavy atom. The molecule has 23 heavy (non-hydrogen) atoms. The van der Waals surface area contributed by atoms with Gasteiger partial charge in [0, 0.05) is 11.8 Å². The summed E-state index contributed by atoms with van der Waals surface area (Å²) >= 11 is 11.7. The van der Waals surface area contributed by atoms with Gasteiger partial charge in [0.25, 0.3) is 11.6 Å². The van der Waals surface area contributed by atoms with Gasteiger partial charge < -0.3 is 15.8 Å². The first kappa shape index (κ1) is 16.9. The molecule has 1 amide bonds. The molecule has 0 unspecified atom stereocenters. The second-order valence-corrected chi connectivity index (χ2v) is 5.26. The number of hydrogen-bond acceptors (Lipinski definition) is 5. The predicted molar refractivity (Wildman–Crippen MR) is 88.1 cm³/mol. The first-order chi connectivity index (χ1) is 10.9. The molecule has 9 heteroatoms. The number of nitrogens with one attached hydrogen (secondary N) is 1. The van der Waals surface area contributed by atoms with Gasteiger partial charge in [0.1, 0.15) is 5.75 Å². The number of carbonyl (C=O) groups excluding carboxylic acids is 1. The Hall–Kier alpha value is -2.51. The minimum absolute atomic E-state index is 0.125. The highest BCUT2D eigenvalue weighted by molar-refractivity contribution is 6.39. The molecular formula is C14H11Cl2N3O4. The van der Waals surface area contributed by atoms with E-state index in [1.807, 2.05) is 0 Å². The molecular weight excluding hydrogens is 345 g/mol. The van der Waals surface area contributed by atoms with E-state index >= 15 is 0 Å². The number of nitro groups is 1. The van der Waals surface area contributed by atoms with Crippen LogP contribution in [-0.2, 0) is 4.79 Å². The van der Waals surface area contributed by atoms with Gasteiger partial charge in [-0.2, -0.15) is 0 Å². The number of halogens is 2. The van der Waals surface area contributed by atoms with Crippen LogP contribution in [0.4, 0.5) is 17.1 Å². The number of nitro benzene ring substituents is 1. The molecule has 0 spiro atoms. The molecule has 0 fully saturated rings. The smallest absolute Gasteiger partial charge is 0.273 e. The van der Waals surface area contributed by atoms with Crippen LogP contribution in [0.3, 0.4) is 0 Å². The number of nitrogens with two attached hydrogens (primary N) is 1. The van der Waals surface area contributed by atoms with E-state index in [0.717, 1.165) is 0 Å². The Balaban J connectivity index is 1.98. The van der Waals surface area contributed by atoms with Crippen LogP contribution in [0, 0.1) is 10.1 Å². The van der Waals surface area contributed by atoms with Gasteiger partial charge in [-0.15, -0.1) is 0 Å². The zero-order chi connectivity index (χ0) is 17.0. The second-order valence-electron chi connectivity index (χ2n) is 4.44. The summed E-state index contributed by atoms with van der Waals surface area (Å²) in [4.78, 5) is 21.9. The van der Waals surface area contributed by atoms with Gasteiger partial charge in [-0.25, -0.2) is 0 Å². The van der Waals surface area contributed by atoms with E-state index in [-0.39, 0.29) is 33.8 Å². The van der Waals surface area contributed by atoms with Crippen LogP contribution in [0.2, 0.25) is 10.0 Å². The molecule has 0 saturated heterocycles. The van der Waals surface area contributed by atoms with E-state index in [1.54, 1.807) is 0 Å². The summed E-state index contributed by atoms with van der Waals surface area (Å²) in [6.07, 6.45) is 0. The summed E-state index contributed by atoms with van der Waals surface area (Å²) < 4.78 is 5.21. The van der Waals surface area contributed by atoms with Crippen molar-refractivity contribution < 1.29 is 14.5 Å².